The van der Waals surface area contributed by atoms with Gasteiger partial charge in [0.05, 0.1) is 12.6 Å². The number of ether oxygens (including phenoxy) is 1. The number of benzene rings is 1. The first-order chi connectivity index (χ1) is 12.9. The number of nitrogens with zero attached hydrogens (tertiary/aromatic N) is 4. The fourth-order valence-electron chi connectivity index (χ4n) is 3.81. The molecule has 3 rings (SSSR count). The molecule has 0 bridgehead atoms. The first-order valence-corrected chi connectivity index (χ1v) is 9.58. The number of amides is 1. The molecule has 0 spiro atoms. The number of aromatic nitrogens is 2. The summed E-state index contributed by atoms with van der Waals surface area (Å²) in [5.41, 5.74) is 1.06. The van der Waals surface area contributed by atoms with Crippen molar-refractivity contribution in [1.29, 1.82) is 0 Å². The maximum atomic E-state index is 12.7. The Kier molecular flexibility index (Phi) is 5.73. The van der Waals surface area contributed by atoms with E-state index in [1.807, 2.05) is 30.2 Å². The van der Waals surface area contributed by atoms with E-state index in [2.05, 4.69) is 40.4 Å². The van der Waals surface area contributed by atoms with Crippen molar-refractivity contribution in [2.75, 3.05) is 31.6 Å². The maximum Gasteiger partial charge on any atom is 0.222 e. The van der Waals surface area contributed by atoms with Crippen LogP contribution >= 0.6 is 0 Å². The predicted octanol–water partition coefficient (Wildman–Crippen LogP) is 3.11. The van der Waals surface area contributed by atoms with E-state index in [-0.39, 0.29) is 11.4 Å². The summed E-state index contributed by atoms with van der Waals surface area (Å²) in [6, 6.07) is 8.15. The molecule has 0 radical (unpaired) electrons. The number of methoxy groups -OCH3 is 1. The van der Waals surface area contributed by atoms with E-state index in [9.17, 15) is 4.79 Å². The third-order valence-electron chi connectivity index (χ3n) is 5.35. The standard InChI is InChI=1S/C21H30N4O2/c1-17-22-11-13-23(17)12-5-6-20(26)24-14-15-25(21(2,3)16-24)18-7-9-19(27-4)10-8-18/h7-11,13H,5-6,12,14-16H2,1-4H3. The minimum Gasteiger partial charge on any atom is -0.497 e. The highest BCUT2D eigenvalue weighted by atomic mass is 16.5. The van der Waals surface area contributed by atoms with Gasteiger partial charge in [0.25, 0.3) is 0 Å². The molecule has 0 atom stereocenters. The van der Waals surface area contributed by atoms with Crippen LogP contribution < -0.4 is 9.64 Å². The highest BCUT2D eigenvalue weighted by molar-refractivity contribution is 5.76. The molecule has 1 aliphatic rings. The average Bonchev–Trinajstić information content (AvgIpc) is 3.06. The second-order valence-corrected chi connectivity index (χ2v) is 7.75. The number of piperazine rings is 1. The third kappa shape index (κ3) is 4.43. The Balaban J connectivity index is 1.55. The Morgan fingerprint density at radius 1 is 1.22 bits per heavy atom. The van der Waals surface area contributed by atoms with E-state index in [1.165, 1.54) is 5.69 Å². The Morgan fingerprint density at radius 2 is 1.96 bits per heavy atom. The molecular weight excluding hydrogens is 340 g/mol. The summed E-state index contributed by atoms with van der Waals surface area (Å²) < 4.78 is 7.35. The number of anilines is 1. The molecule has 1 aliphatic heterocycles. The van der Waals surface area contributed by atoms with Crippen LogP contribution in [0.15, 0.2) is 36.7 Å². The van der Waals surface area contributed by atoms with E-state index in [4.69, 9.17) is 4.74 Å². The fraction of sp³-hybridized carbons (Fsp3) is 0.524. The predicted molar refractivity (Wildman–Crippen MR) is 107 cm³/mol. The van der Waals surface area contributed by atoms with Gasteiger partial charge in [0.1, 0.15) is 11.6 Å². The van der Waals surface area contributed by atoms with Crippen LogP contribution in [0.5, 0.6) is 5.75 Å². The van der Waals surface area contributed by atoms with Crippen LogP contribution in [-0.2, 0) is 11.3 Å². The summed E-state index contributed by atoms with van der Waals surface area (Å²) in [4.78, 5) is 21.3. The number of rotatable bonds is 6. The van der Waals surface area contributed by atoms with Crippen molar-refractivity contribution >= 4 is 11.6 Å². The largest absolute Gasteiger partial charge is 0.497 e. The van der Waals surface area contributed by atoms with Crippen LogP contribution in [0.1, 0.15) is 32.5 Å². The van der Waals surface area contributed by atoms with Crippen LogP contribution in [0.3, 0.4) is 0 Å². The van der Waals surface area contributed by atoms with E-state index >= 15 is 0 Å². The first kappa shape index (κ1) is 19.3. The number of hydrogen-bond donors (Lipinski definition) is 0. The lowest BCUT2D eigenvalue weighted by Gasteiger charge is -2.48. The minimum atomic E-state index is -0.108. The fourth-order valence-corrected chi connectivity index (χ4v) is 3.81. The average molecular weight is 370 g/mol. The monoisotopic (exact) mass is 370 g/mol. The first-order valence-electron chi connectivity index (χ1n) is 9.58. The van der Waals surface area contributed by atoms with Gasteiger partial charge in [0, 0.05) is 50.7 Å². The summed E-state index contributed by atoms with van der Waals surface area (Å²) >= 11 is 0. The number of imidazole rings is 1. The summed E-state index contributed by atoms with van der Waals surface area (Å²) in [5.74, 6) is 2.10. The lowest BCUT2D eigenvalue weighted by Crippen LogP contribution is -2.60. The molecule has 2 aromatic rings. The normalized spacial score (nSPS) is 16.4. The van der Waals surface area contributed by atoms with Gasteiger partial charge in [0.2, 0.25) is 5.91 Å². The van der Waals surface area contributed by atoms with Crippen molar-refractivity contribution in [2.45, 2.75) is 45.7 Å². The topological polar surface area (TPSA) is 50.6 Å². The Hall–Kier alpha value is -2.50. The highest BCUT2D eigenvalue weighted by Crippen LogP contribution is 2.29. The smallest absolute Gasteiger partial charge is 0.222 e. The lowest BCUT2D eigenvalue weighted by atomic mass is 9.97. The Morgan fingerprint density at radius 3 is 2.56 bits per heavy atom. The van der Waals surface area contributed by atoms with E-state index in [1.54, 1.807) is 13.3 Å². The second-order valence-electron chi connectivity index (χ2n) is 7.75. The third-order valence-corrected chi connectivity index (χ3v) is 5.35. The minimum absolute atomic E-state index is 0.108. The van der Waals surface area contributed by atoms with Crippen molar-refractivity contribution in [3.05, 3.63) is 42.5 Å². The van der Waals surface area contributed by atoms with Crippen molar-refractivity contribution < 1.29 is 9.53 Å². The van der Waals surface area contributed by atoms with Crippen LogP contribution in [0.25, 0.3) is 0 Å². The number of carbonyl (C=O) groups is 1. The van der Waals surface area contributed by atoms with Gasteiger partial charge in [-0.15, -0.1) is 0 Å². The van der Waals surface area contributed by atoms with Gasteiger partial charge in [-0.05, 0) is 51.5 Å². The SMILES string of the molecule is COc1ccc(N2CCN(C(=O)CCCn3ccnc3C)CC2(C)C)cc1. The highest BCUT2D eigenvalue weighted by Gasteiger charge is 2.35. The van der Waals surface area contributed by atoms with Crippen LogP contribution in [-0.4, -0.2) is 52.6 Å². The Labute approximate surface area is 161 Å². The van der Waals surface area contributed by atoms with Gasteiger partial charge < -0.3 is 19.1 Å². The molecule has 2 heterocycles. The molecule has 0 aliphatic carbocycles. The van der Waals surface area contributed by atoms with Crippen molar-refractivity contribution in [3.63, 3.8) is 0 Å². The molecule has 1 fully saturated rings. The van der Waals surface area contributed by atoms with E-state index in [0.29, 0.717) is 6.42 Å². The van der Waals surface area contributed by atoms with Gasteiger partial charge in [-0.1, -0.05) is 0 Å². The summed E-state index contributed by atoms with van der Waals surface area (Å²) in [6.07, 6.45) is 5.19. The van der Waals surface area contributed by atoms with Crippen LogP contribution in [0.4, 0.5) is 5.69 Å². The van der Waals surface area contributed by atoms with E-state index in [0.717, 1.165) is 44.2 Å². The zero-order valence-corrected chi connectivity index (χ0v) is 16.8. The van der Waals surface area contributed by atoms with Gasteiger partial charge in [-0.2, -0.15) is 0 Å². The summed E-state index contributed by atoms with van der Waals surface area (Å²) in [7, 11) is 1.68. The van der Waals surface area contributed by atoms with Crippen molar-refractivity contribution in [2.24, 2.45) is 0 Å². The van der Waals surface area contributed by atoms with Crippen LogP contribution in [0, 0.1) is 6.92 Å². The molecule has 27 heavy (non-hydrogen) atoms. The van der Waals surface area contributed by atoms with Gasteiger partial charge in [-0.25, -0.2) is 4.98 Å². The van der Waals surface area contributed by atoms with Gasteiger partial charge in [-0.3, -0.25) is 4.79 Å². The summed E-state index contributed by atoms with van der Waals surface area (Å²) in [5, 5.41) is 0. The van der Waals surface area contributed by atoms with Gasteiger partial charge in [0.15, 0.2) is 0 Å². The quantitative estimate of drug-likeness (QED) is 0.784. The molecule has 1 amide bonds. The number of carbonyl (C=O) groups excluding carboxylic acids is 1. The molecule has 0 unspecified atom stereocenters. The van der Waals surface area contributed by atoms with Crippen LogP contribution in [0.2, 0.25) is 0 Å². The van der Waals surface area contributed by atoms with Crippen molar-refractivity contribution in [3.8, 4) is 5.75 Å². The zero-order chi connectivity index (χ0) is 19.4. The summed E-state index contributed by atoms with van der Waals surface area (Å²) in [6.45, 7) is 9.57. The molecule has 1 aromatic heterocycles. The lowest BCUT2D eigenvalue weighted by molar-refractivity contribution is -0.132. The van der Waals surface area contributed by atoms with E-state index < -0.39 is 0 Å². The number of hydrogen-bond acceptors (Lipinski definition) is 4. The molecule has 6 heteroatoms. The molecule has 1 saturated heterocycles. The molecule has 0 N–H and O–H groups in total. The molecule has 146 valence electrons. The van der Waals surface area contributed by atoms with Gasteiger partial charge >= 0.3 is 0 Å². The molecule has 6 nitrogen and oxygen atoms in total. The molecular formula is C21H30N4O2. The molecule has 1 aromatic carbocycles. The zero-order valence-electron chi connectivity index (χ0n) is 16.8. The van der Waals surface area contributed by atoms with Crippen molar-refractivity contribution in [1.82, 2.24) is 14.5 Å². The Bertz CT molecular complexity index is 767. The number of aryl methyl sites for hydroxylation is 2. The second kappa shape index (κ2) is 8.03. The maximum absolute atomic E-state index is 12.7. The molecule has 0 saturated carbocycles.